The molecule has 4 rings (SSSR count). The first-order valence-corrected chi connectivity index (χ1v) is 13.3. The minimum absolute atomic E-state index is 0.0114. The summed E-state index contributed by atoms with van der Waals surface area (Å²) in [6.45, 7) is 0.434. The second-order valence-corrected chi connectivity index (χ2v) is 11.4. The quantitative estimate of drug-likeness (QED) is 0.251. The van der Waals surface area contributed by atoms with Crippen molar-refractivity contribution in [1.29, 1.82) is 0 Å². The van der Waals surface area contributed by atoms with Crippen molar-refractivity contribution >= 4 is 37.7 Å². The lowest BCUT2D eigenvalue weighted by Crippen LogP contribution is -2.39. The van der Waals surface area contributed by atoms with Gasteiger partial charge in [0.25, 0.3) is 0 Å². The third-order valence-corrected chi connectivity index (χ3v) is 7.81. The molecule has 3 fully saturated rings. The molecule has 180 valence electrons. The molecule has 1 heterocycles. The van der Waals surface area contributed by atoms with Crippen molar-refractivity contribution in [2.24, 2.45) is 11.8 Å². The minimum atomic E-state index is -3.63. The van der Waals surface area contributed by atoms with Gasteiger partial charge >= 0.3 is 6.03 Å². The average molecular weight is 487 g/mol. The van der Waals surface area contributed by atoms with Crippen molar-refractivity contribution in [3.63, 3.8) is 0 Å². The molecular weight excluding hydrogens is 459 g/mol. The van der Waals surface area contributed by atoms with Gasteiger partial charge in [0.2, 0.25) is 15.9 Å². The second kappa shape index (κ2) is 9.89. The van der Waals surface area contributed by atoms with E-state index >= 15 is 0 Å². The molecule has 0 spiro atoms. The highest BCUT2D eigenvalue weighted by atomic mass is 32.2. The first-order valence-electron chi connectivity index (χ1n) is 11.7. The number of amides is 3. The van der Waals surface area contributed by atoms with Crippen LogP contribution in [0.3, 0.4) is 0 Å². The standard InChI is InChI=1S/C22H28B2FN3O5S/c23-22(24,16-6-7-16)33-18-11-15(10-17(25)12-18)20(14-4-5-14)27-34(31,32)9-3-1-2-8-28-13-19(29)26-21(28)30/h10-12,14,16,20,27H,1-9,13H2,(H,26,29,30). The molecule has 2 N–H and O–H groups in total. The molecule has 1 aromatic rings. The monoisotopic (exact) mass is 487 g/mol. The number of imide groups is 1. The summed E-state index contributed by atoms with van der Waals surface area (Å²) in [5.74, 6) is -0.687. The molecule has 2 aliphatic carbocycles. The van der Waals surface area contributed by atoms with Crippen molar-refractivity contribution in [2.45, 2.75) is 56.4 Å². The first kappa shape index (κ1) is 25.0. The van der Waals surface area contributed by atoms with Gasteiger partial charge in [-0.25, -0.2) is 22.3 Å². The number of unbranched alkanes of at least 4 members (excludes halogenated alkanes) is 2. The van der Waals surface area contributed by atoms with Gasteiger partial charge in [0.05, 0.1) is 5.75 Å². The summed E-state index contributed by atoms with van der Waals surface area (Å²) in [4.78, 5) is 24.1. The molecule has 1 aromatic carbocycles. The van der Waals surface area contributed by atoms with Gasteiger partial charge in [-0.1, -0.05) is 6.42 Å². The fraction of sp³-hybridized carbons (Fsp3) is 0.636. The number of rotatable bonds is 13. The normalized spacial score (nSPS) is 19.9. The van der Waals surface area contributed by atoms with E-state index in [-0.39, 0.29) is 35.8 Å². The van der Waals surface area contributed by atoms with E-state index < -0.39 is 33.3 Å². The lowest BCUT2D eigenvalue weighted by molar-refractivity contribution is -0.118. The number of halogens is 1. The van der Waals surface area contributed by atoms with Gasteiger partial charge in [0.15, 0.2) is 0 Å². The molecule has 1 unspecified atom stereocenters. The van der Waals surface area contributed by atoms with E-state index in [1.807, 2.05) is 0 Å². The van der Waals surface area contributed by atoms with Crippen LogP contribution in [0.15, 0.2) is 18.2 Å². The lowest BCUT2D eigenvalue weighted by Gasteiger charge is -2.29. The van der Waals surface area contributed by atoms with Gasteiger partial charge in [-0.05, 0) is 68.1 Å². The third-order valence-electron chi connectivity index (χ3n) is 6.37. The largest absolute Gasteiger partial charge is 0.507 e. The van der Waals surface area contributed by atoms with Crippen LogP contribution in [0.1, 0.15) is 56.6 Å². The maximum Gasteiger partial charge on any atom is 0.324 e. The fourth-order valence-electron chi connectivity index (χ4n) is 4.20. The first-order chi connectivity index (χ1) is 16.0. The second-order valence-electron chi connectivity index (χ2n) is 9.54. The van der Waals surface area contributed by atoms with Crippen LogP contribution in [0.2, 0.25) is 0 Å². The summed E-state index contributed by atoms with van der Waals surface area (Å²) in [6, 6.07) is 3.14. The van der Waals surface area contributed by atoms with Gasteiger partial charge in [0, 0.05) is 24.1 Å². The van der Waals surface area contributed by atoms with E-state index in [0.29, 0.717) is 31.4 Å². The van der Waals surface area contributed by atoms with Crippen molar-refractivity contribution in [1.82, 2.24) is 14.9 Å². The van der Waals surface area contributed by atoms with Crippen molar-refractivity contribution in [3.05, 3.63) is 29.6 Å². The lowest BCUT2D eigenvalue weighted by atomic mass is 9.62. The molecule has 3 aliphatic rings. The Morgan fingerprint density at radius 2 is 1.88 bits per heavy atom. The van der Waals surface area contributed by atoms with Crippen molar-refractivity contribution in [2.75, 3.05) is 18.8 Å². The number of carbonyl (C=O) groups excluding carboxylic acids is 2. The number of nitrogens with one attached hydrogen (secondary N) is 2. The Labute approximate surface area is 202 Å². The zero-order chi connectivity index (χ0) is 24.5. The number of sulfonamides is 1. The topological polar surface area (TPSA) is 105 Å². The Hall–Kier alpha value is -2.07. The Morgan fingerprint density at radius 3 is 2.50 bits per heavy atom. The van der Waals surface area contributed by atoms with Gasteiger partial charge in [-0.15, -0.1) is 0 Å². The molecule has 1 atom stereocenters. The molecule has 3 amide bonds. The maximum absolute atomic E-state index is 14.4. The zero-order valence-corrected chi connectivity index (χ0v) is 19.8. The van der Waals surface area contributed by atoms with Crippen molar-refractivity contribution in [3.8, 4) is 5.75 Å². The van der Waals surface area contributed by atoms with E-state index in [9.17, 15) is 22.4 Å². The number of ether oxygens (including phenoxy) is 1. The zero-order valence-electron chi connectivity index (χ0n) is 19.0. The Bertz CT molecular complexity index is 1050. The summed E-state index contributed by atoms with van der Waals surface area (Å²) in [6.07, 6.45) is 4.96. The van der Waals surface area contributed by atoms with Gasteiger partial charge in [-0.3, -0.25) is 10.1 Å². The van der Waals surface area contributed by atoms with Crippen LogP contribution in [0.4, 0.5) is 9.18 Å². The average Bonchev–Trinajstić information content (AvgIpc) is 3.63. The van der Waals surface area contributed by atoms with Crippen LogP contribution < -0.4 is 14.8 Å². The molecular formula is C22H28B2FN3O5S. The highest BCUT2D eigenvalue weighted by Gasteiger charge is 2.39. The number of nitrogens with zero attached hydrogens (tertiary/aromatic N) is 1. The van der Waals surface area contributed by atoms with E-state index in [2.05, 4.69) is 10.0 Å². The molecule has 0 bridgehead atoms. The van der Waals surface area contributed by atoms with Gasteiger partial charge in [0.1, 0.15) is 33.8 Å². The fourth-order valence-corrected chi connectivity index (χ4v) is 5.62. The Balaban J connectivity index is 1.32. The van der Waals surface area contributed by atoms with Crippen LogP contribution in [0, 0.1) is 17.7 Å². The molecule has 1 saturated heterocycles. The molecule has 2 saturated carbocycles. The van der Waals surface area contributed by atoms with Crippen molar-refractivity contribution < 1.29 is 27.1 Å². The Morgan fingerprint density at radius 1 is 1.15 bits per heavy atom. The highest BCUT2D eigenvalue weighted by Crippen LogP contribution is 2.43. The smallest absolute Gasteiger partial charge is 0.324 e. The summed E-state index contributed by atoms with van der Waals surface area (Å²) >= 11 is 0. The van der Waals surface area contributed by atoms with Crippen LogP contribution in [-0.4, -0.2) is 65.2 Å². The molecule has 34 heavy (non-hydrogen) atoms. The molecule has 4 radical (unpaired) electrons. The SMILES string of the molecule is [B]C([B])(Oc1cc(F)cc(C(NS(=O)(=O)CCCCCN2CC(=O)NC2=O)C2CC2)c1)C1CC1. The molecule has 12 heteroatoms. The Kier molecular flexibility index (Phi) is 7.28. The van der Waals surface area contributed by atoms with E-state index in [4.69, 9.17) is 20.4 Å². The van der Waals surface area contributed by atoms with Crippen LogP contribution in [-0.2, 0) is 14.8 Å². The number of carbonyl (C=O) groups is 2. The van der Waals surface area contributed by atoms with Gasteiger partial charge in [-0.2, -0.15) is 0 Å². The van der Waals surface area contributed by atoms with E-state index in [0.717, 1.165) is 25.7 Å². The number of urea groups is 1. The van der Waals surface area contributed by atoms with Crippen LogP contribution in [0.5, 0.6) is 5.75 Å². The minimum Gasteiger partial charge on any atom is -0.507 e. The van der Waals surface area contributed by atoms with Crippen LogP contribution in [0.25, 0.3) is 0 Å². The molecule has 1 aliphatic heterocycles. The predicted molar refractivity (Wildman–Crippen MR) is 125 cm³/mol. The third kappa shape index (κ3) is 6.75. The van der Waals surface area contributed by atoms with Crippen LogP contribution >= 0.6 is 0 Å². The number of hydrogen-bond donors (Lipinski definition) is 2. The summed E-state index contributed by atoms with van der Waals surface area (Å²) < 4.78 is 48.3. The summed E-state index contributed by atoms with van der Waals surface area (Å²) in [5.41, 5.74) is 0.484. The van der Waals surface area contributed by atoms with E-state index in [1.54, 1.807) is 6.07 Å². The highest BCUT2D eigenvalue weighted by molar-refractivity contribution is 7.89. The summed E-state index contributed by atoms with van der Waals surface area (Å²) in [7, 11) is 8.41. The number of benzene rings is 1. The number of hydrogen-bond acceptors (Lipinski definition) is 5. The predicted octanol–water partition coefficient (Wildman–Crippen LogP) is 1.70. The summed E-state index contributed by atoms with van der Waals surface area (Å²) in [5, 5.41) is 0.821. The molecule has 0 aromatic heterocycles. The van der Waals surface area contributed by atoms with E-state index in [1.165, 1.54) is 17.0 Å². The molecule has 8 nitrogen and oxygen atoms in total. The van der Waals surface area contributed by atoms with Gasteiger partial charge < -0.3 is 9.64 Å². The maximum atomic E-state index is 14.4.